The summed E-state index contributed by atoms with van der Waals surface area (Å²) < 4.78 is 13.1. The van der Waals surface area contributed by atoms with Crippen LogP contribution in [0.25, 0.3) is 10.9 Å². The van der Waals surface area contributed by atoms with Gasteiger partial charge in [-0.05, 0) is 43.0 Å². The molecule has 15 heavy (non-hydrogen) atoms. The summed E-state index contributed by atoms with van der Waals surface area (Å²) in [5.74, 6) is -0.247. The fourth-order valence-electron chi connectivity index (χ4n) is 2.36. The van der Waals surface area contributed by atoms with E-state index in [1.807, 2.05) is 0 Å². The van der Waals surface area contributed by atoms with Crippen molar-refractivity contribution in [2.45, 2.75) is 19.3 Å². The summed E-state index contributed by atoms with van der Waals surface area (Å²) in [6, 6.07) is 4.51. The Morgan fingerprint density at radius 1 is 1.20 bits per heavy atom. The molecule has 0 aliphatic heterocycles. The number of aromatic nitrogens is 1. The Balaban J connectivity index is 2.49. The first-order valence-electron chi connectivity index (χ1n) is 5.09. The van der Waals surface area contributed by atoms with Crippen LogP contribution in [0.5, 0.6) is 0 Å². The van der Waals surface area contributed by atoms with Crippen molar-refractivity contribution in [2.24, 2.45) is 0 Å². The fraction of sp³-hybridized carbons (Fsp3) is 0.250. The lowest BCUT2D eigenvalue weighted by atomic mass is 10.1. The van der Waals surface area contributed by atoms with Gasteiger partial charge in [-0.1, -0.05) is 0 Å². The molecule has 0 saturated carbocycles. The average molecular weight is 203 g/mol. The van der Waals surface area contributed by atoms with Gasteiger partial charge in [0, 0.05) is 16.5 Å². The van der Waals surface area contributed by atoms with Crippen LogP contribution in [0.3, 0.4) is 0 Å². The number of H-pyrrole nitrogens is 1. The van der Waals surface area contributed by atoms with E-state index in [1.165, 1.54) is 12.1 Å². The number of aryl methyl sites for hydroxylation is 1. The normalized spacial score (nSPS) is 14.5. The molecule has 1 aliphatic rings. The molecule has 0 saturated heterocycles. The third-order valence-electron chi connectivity index (χ3n) is 3.05. The number of nitrogens with one attached hydrogen (secondary N) is 1. The number of halogens is 1. The van der Waals surface area contributed by atoms with E-state index in [0.29, 0.717) is 0 Å². The highest BCUT2D eigenvalue weighted by atomic mass is 19.1. The molecule has 1 heterocycles. The molecule has 0 bridgehead atoms. The van der Waals surface area contributed by atoms with E-state index in [2.05, 4.69) is 4.98 Å². The smallest absolute Gasteiger partial charge is 0.251 e. The Morgan fingerprint density at radius 2 is 2.00 bits per heavy atom. The van der Waals surface area contributed by atoms with Crippen LogP contribution in [-0.2, 0) is 12.8 Å². The van der Waals surface area contributed by atoms with Gasteiger partial charge in [-0.15, -0.1) is 0 Å². The maximum atomic E-state index is 13.1. The van der Waals surface area contributed by atoms with Crippen molar-refractivity contribution in [3.05, 3.63) is 45.5 Å². The van der Waals surface area contributed by atoms with Crippen LogP contribution in [0.1, 0.15) is 17.5 Å². The van der Waals surface area contributed by atoms with Gasteiger partial charge in [-0.3, -0.25) is 4.79 Å². The van der Waals surface area contributed by atoms with Crippen molar-refractivity contribution in [2.75, 3.05) is 0 Å². The Labute approximate surface area is 85.7 Å². The summed E-state index contributed by atoms with van der Waals surface area (Å²) in [7, 11) is 0. The summed E-state index contributed by atoms with van der Waals surface area (Å²) in [6.07, 6.45) is 2.70. The third-order valence-corrected chi connectivity index (χ3v) is 3.05. The van der Waals surface area contributed by atoms with Gasteiger partial charge < -0.3 is 4.98 Å². The van der Waals surface area contributed by atoms with Crippen molar-refractivity contribution in [3.8, 4) is 0 Å². The molecular formula is C12H10FNO. The maximum absolute atomic E-state index is 13.1. The highest BCUT2D eigenvalue weighted by molar-refractivity contribution is 5.83. The molecule has 1 aliphatic carbocycles. The summed E-state index contributed by atoms with van der Waals surface area (Å²) in [5.41, 5.74) is 2.60. The molecule has 1 N–H and O–H groups in total. The summed E-state index contributed by atoms with van der Waals surface area (Å²) in [6.45, 7) is 0. The molecule has 1 aromatic heterocycles. The molecule has 2 nitrogen and oxygen atoms in total. The lowest BCUT2D eigenvalue weighted by Crippen LogP contribution is -2.12. The Morgan fingerprint density at radius 3 is 2.87 bits per heavy atom. The molecule has 3 rings (SSSR count). The van der Waals surface area contributed by atoms with Crippen LogP contribution in [0, 0.1) is 5.82 Å². The van der Waals surface area contributed by atoms with E-state index in [-0.39, 0.29) is 11.4 Å². The second kappa shape index (κ2) is 2.92. The SMILES string of the molecule is O=c1[nH]c2ccc(F)cc2c2c1CCC2. The maximum Gasteiger partial charge on any atom is 0.251 e. The minimum Gasteiger partial charge on any atom is -0.322 e. The van der Waals surface area contributed by atoms with Crippen LogP contribution in [0.15, 0.2) is 23.0 Å². The van der Waals surface area contributed by atoms with Crippen LogP contribution in [0.2, 0.25) is 0 Å². The number of hydrogen-bond acceptors (Lipinski definition) is 1. The van der Waals surface area contributed by atoms with Gasteiger partial charge in [0.25, 0.3) is 5.56 Å². The van der Waals surface area contributed by atoms with Gasteiger partial charge in [-0.2, -0.15) is 0 Å². The number of pyridine rings is 1. The third kappa shape index (κ3) is 1.19. The predicted molar refractivity (Wildman–Crippen MR) is 56.6 cm³/mol. The van der Waals surface area contributed by atoms with Crippen molar-refractivity contribution < 1.29 is 4.39 Å². The van der Waals surface area contributed by atoms with E-state index < -0.39 is 0 Å². The topological polar surface area (TPSA) is 32.9 Å². The van der Waals surface area contributed by atoms with E-state index >= 15 is 0 Å². The van der Waals surface area contributed by atoms with Crippen molar-refractivity contribution >= 4 is 10.9 Å². The largest absolute Gasteiger partial charge is 0.322 e. The molecule has 2 aromatic rings. The van der Waals surface area contributed by atoms with E-state index in [1.54, 1.807) is 6.07 Å². The lowest BCUT2D eigenvalue weighted by Gasteiger charge is -2.04. The predicted octanol–water partition coefficient (Wildman–Crippen LogP) is 2.16. The second-order valence-corrected chi connectivity index (χ2v) is 3.95. The van der Waals surface area contributed by atoms with Gasteiger partial charge in [-0.25, -0.2) is 4.39 Å². The minimum absolute atomic E-state index is 0.0124. The molecule has 0 atom stereocenters. The van der Waals surface area contributed by atoms with Gasteiger partial charge in [0.1, 0.15) is 5.82 Å². The number of aromatic amines is 1. The van der Waals surface area contributed by atoms with Crippen LogP contribution < -0.4 is 5.56 Å². The molecular weight excluding hydrogens is 193 g/mol. The van der Waals surface area contributed by atoms with Crippen LogP contribution in [-0.4, -0.2) is 4.98 Å². The Hall–Kier alpha value is -1.64. The average Bonchev–Trinajstić information content (AvgIpc) is 2.69. The van der Waals surface area contributed by atoms with Crippen LogP contribution >= 0.6 is 0 Å². The summed E-state index contributed by atoms with van der Waals surface area (Å²) in [4.78, 5) is 14.5. The molecule has 0 fully saturated rings. The quantitative estimate of drug-likeness (QED) is 0.699. The molecule has 0 spiro atoms. The minimum atomic E-state index is -0.247. The Bertz CT molecular complexity index is 600. The van der Waals surface area contributed by atoms with Crippen molar-refractivity contribution in [1.29, 1.82) is 0 Å². The number of rotatable bonds is 0. The van der Waals surface area contributed by atoms with E-state index in [0.717, 1.165) is 41.3 Å². The molecule has 76 valence electrons. The van der Waals surface area contributed by atoms with Gasteiger partial charge in [0.15, 0.2) is 0 Å². The van der Waals surface area contributed by atoms with Gasteiger partial charge >= 0.3 is 0 Å². The molecule has 0 amide bonds. The molecule has 1 aromatic carbocycles. The number of benzene rings is 1. The zero-order valence-corrected chi connectivity index (χ0v) is 8.14. The van der Waals surface area contributed by atoms with Gasteiger partial charge in [0.05, 0.1) is 0 Å². The highest BCUT2D eigenvalue weighted by Crippen LogP contribution is 2.26. The molecule has 0 unspecified atom stereocenters. The summed E-state index contributed by atoms with van der Waals surface area (Å²) >= 11 is 0. The van der Waals surface area contributed by atoms with Crippen LogP contribution in [0.4, 0.5) is 4.39 Å². The highest BCUT2D eigenvalue weighted by Gasteiger charge is 2.17. The fourth-order valence-corrected chi connectivity index (χ4v) is 2.36. The zero-order chi connectivity index (χ0) is 10.4. The molecule has 0 radical (unpaired) electrons. The van der Waals surface area contributed by atoms with Gasteiger partial charge in [0.2, 0.25) is 0 Å². The van der Waals surface area contributed by atoms with Crippen molar-refractivity contribution in [1.82, 2.24) is 4.98 Å². The lowest BCUT2D eigenvalue weighted by molar-refractivity contribution is 0.629. The van der Waals surface area contributed by atoms with E-state index in [9.17, 15) is 9.18 Å². The first-order chi connectivity index (χ1) is 7.25. The summed E-state index contributed by atoms with van der Waals surface area (Å²) in [5, 5.41) is 0.863. The second-order valence-electron chi connectivity index (χ2n) is 3.95. The monoisotopic (exact) mass is 203 g/mol. The van der Waals surface area contributed by atoms with E-state index in [4.69, 9.17) is 0 Å². The zero-order valence-electron chi connectivity index (χ0n) is 8.14. The molecule has 3 heteroatoms. The standard InChI is InChI=1S/C12H10FNO/c13-7-4-5-11-10(6-7)8-2-1-3-9(8)12(15)14-11/h4-6H,1-3H2,(H,14,15). The number of fused-ring (bicyclic) bond motifs is 3. The van der Waals surface area contributed by atoms with Crippen molar-refractivity contribution in [3.63, 3.8) is 0 Å². The first-order valence-corrected chi connectivity index (χ1v) is 5.09. The first kappa shape index (κ1) is 8.65. The Kier molecular flexibility index (Phi) is 1.69. The number of hydrogen-bond donors (Lipinski definition) is 1.